The van der Waals surface area contributed by atoms with Crippen LogP contribution in [-0.4, -0.2) is 5.91 Å². The maximum atomic E-state index is 13.7. The van der Waals surface area contributed by atoms with Gasteiger partial charge in [0.2, 0.25) is 5.91 Å². The van der Waals surface area contributed by atoms with E-state index in [2.05, 4.69) is 10.9 Å². The van der Waals surface area contributed by atoms with Crippen LogP contribution < -0.4 is 10.9 Å². The zero-order valence-electron chi connectivity index (χ0n) is 13.2. The van der Waals surface area contributed by atoms with Crippen molar-refractivity contribution in [3.63, 3.8) is 0 Å². The predicted molar refractivity (Wildman–Crippen MR) is 89.7 cm³/mol. The molecule has 0 aromatic heterocycles. The number of halogens is 4. The first-order valence-electron chi connectivity index (χ1n) is 7.90. The molecule has 1 amide bonds. The molecule has 25 heavy (non-hydrogen) atoms. The minimum atomic E-state index is -1.59. The van der Waals surface area contributed by atoms with Crippen LogP contribution >= 0.6 is 11.6 Å². The third-order valence-corrected chi connectivity index (χ3v) is 4.89. The monoisotopic (exact) mass is 368 g/mol. The van der Waals surface area contributed by atoms with Crippen molar-refractivity contribution in [3.8, 4) is 0 Å². The molecule has 0 aliphatic heterocycles. The summed E-state index contributed by atoms with van der Waals surface area (Å²) in [7, 11) is 0. The van der Waals surface area contributed by atoms with Crippen molar-refractivity contribution in [2.45, 2.75) is 31.1 Å². The standard InChI is InChI=1S/C18H16ClF3N2O/c19-12-5-3-11(4-6-12)18(9-1-2-10-18)17(25)24-23-14-8-7-13(20)15(21)16(14)22/h3-8,23H,1-2,9-10H2,(H,24,25). The molecular formula is C18H16ClF3N2O. The molecule has 0 bridgehead atoms. The van der Waals surface area contributed by atoms with Crippen LogP contribution in [0.4, 0.5) is 18.9 Å². The quantitative estimate of drug-likeness (QED) is 0.606. The van der Waals surface area contributed by atoms with Crippen molar-refractivity contribution in [2.24, 2.45) is 0 Å². The van der Waals surface area contributed by atoms with E-state index in [0.29, 0.717) is 17.9 Å². The largest absolute Gasteiger partial charge is 0.295 e. The van der Waals surface area contributed by atoms with Gasteiger partial charge < -0.3 is 0 Å². The number of hydrogen-bond acceptors (Lipinski definition) is 2. The second-order valence-corrected chi connectivity index (χ2v) is 6.53. The summed E-state index contributed by atoms with van der Waals surface area (Å²) < 4.78 is 40.0. The molecule has 0 heterocycles. The molecule has 0 spiro atoms. The number of hydrazine groups is 1. The van der Waals surface area contributed by atoms with Crippen LogP contribution in [0.1, 0.15) is 31.2 Å². The van der Waals surface area contributed by atoms with Gasteiger partial charge >= 0.3 is 0 Å². The summed E-state index contributed by atoms with van der Waals surface area (Å²) in [6.45, 7) is 0. The maximum absolute atomic E-state index is 13.7. The molecule has 132 valence electrons. The third-order valence-electron chi connectivity index (χ3n) is 4.63. The van der Waals surface area contributed by atoms with Crippen molar-refractivity contribution < 1.29 is 18.0 Å². The van der Waals surface area contributed by atoms with Crippen molar-refractivity contribution in [2.75, 3.05) is 5.43 Å². The average Bonchev–Trinajstić information content (AvgIpc) is 3.10. The van der Waals surface area contributed by atoms with Gasteiger partial charge in [0.05, 0.1) is 11.1 Å². The van der Waals surface area contributed by atoms with E-state index >= 15 is 0 Å². The average molecular weight is 369 g/mol. The molecule has 0 atom stereocenters. The maximum Gasteiger partial charge on any atom is 0.248 e. The second-order valence-electron chi connectivity index (χ2n) is 6.10. The van der Waals surface area contributed by atoms with Gasteiger partial charge in [-0.3, -0.25) is 15.6 Å². The molecule has 1 fully saturated rings. The molecule has 0 radical (unpaired) electrons. The lowest BCUT2D eigenvalue weighted by atomic mass is 9.78. The highest BCUT2D eigenvalue weighted by Gasteiger charge is 2.42. The number of nitrogens with one attached hydrogen (secondary N) is 2. The summed E-state index contributed by atoms with van der Waals surface area (Å²) in [6, 6.07) is 8.84. The van der Waals surface area contributed by atoms with Crippen LogP contribution in [-0.2, 0) is 10.2 Å². The van der Waals surface area contributed by atoms with E-state index < -0.39 is 22.9 Å². The highest BCUT2D eigenvalue weighted by Crippen LogP contribution is 2.41. The zero-order chi connectivity index (χ0) is 18.0. The first-order chi connectivity index (χ1) is 11.9. The molecule has 0 saturated heterocycles. The van der Waals surface area contributed by atoms with Gasteiger partial charge in [0.25, 0.3) is 0 Å². The fraction of sp³-hybridized carbons (Fsp3) is 0.278. The summed E-state index contributed by atoms with van der Waals surface area (Å²) >= 11 is 5.91. The van der Waals surface area contributed by atoms with E-state index in [0.717, 1.165) is 30.5 Å². The van der Waals surface area contributed by atoms with Crippen LogP contribution in [0.3, 0.4) is 0 Å². The minimum absolute atomic E-state index is 0.337. The molecule has 7 heteroatoms. The normalized spacial score (nSPS) is 15.8. The van der Waals surface area contributed by atoms with Crippen LogP contribution in [0, 0.1) is 17.5 Å². The van der Waals surface area contributed by atoms with E-state index in [-0.39, 0.29) is 11.6 Å². The van der Waals surface area contributed by atoms with Crippen molar-refractivity contribution >= 4 is 23.2 Å². The number of hydrogen-bond donors (Lipinski definition) is 2. The smallest absolute Gasteiger partial charge is 0.248 e. The molecule has 1 aliphatic carbocycles. The lowest BCUT2D eigenvalue weighted by Crippen LogP contribution is -2.45. The molecule has 3 nitrogen and oxygen atoms in total. The molecular weight excluding hydrogens is 353 g/mol. The molecule has 3 rings (SSSR count). The highest BCUT2D eigenvalue weighted by molar-refractivity contribution is 6.30. The van der Waals surface area contributed by atoms with E-state index in [1.807, 2.05) is 0 Å². The van der Waals surface area contributed by atoms with Crippen LogP contribution in [0.15, 0.2) is 36.4 Å². The Bertz CT molecular complexity index is 790. The van der Waals surface area contributed by atoms with Gasteiger partial charge in [-0.25, -0.2) is 13.2 Å². The van der Waals surface area contributed by atoms with E-state index in [4.69, 9.17) is 11.6 Å². The Labute approximate surface area is 148 Å². The van der Waals surface area contributed by atoms with Gasteiger partial charge in [0.1, 0.15) is 0 Å². The molecule has 2 aromatic carbocycles. The minimum Gasteiger partial charge on any atom is -0.295 e. The molecule has 1 aliphatic rings. The number of carbonyl (C=O) groups is 1. The summed E-state index contributed by atoms with van der Waals surface area (Å²) in [6.07, 6.45) is 3.05. The van der Waals surface area contributed by atoms with Gasteiger partial charge in [0.15, 0.2) is 17.5 Å². The molecule has 2 aromatic rings. The van der Waals surface area contributed by atoms with Crippen molar-refractivity contribution in [1.82, 2.24) is 5.43 Å². The highest BCUT2D eigenvalue weighted by atomic mass is 35.5. The summed E-state index contributed by atoms with van der Waals surface area (Å²) in [5.41, 5.74) is 4.51. The summed E-state index contributed by atoms with van der Waals surface area (Å²) in [4.78, 5) is 12.8. The second kappa shape index (κ2) is 6.96. The lowest BCUT2D eigenvalue weighted by molar-refractivity contribution is -0.126. The lowest BCUT2D eigenvalue weighted by Gasteiger charge is -2.28. The van der Waals surface area contributed by atoms with Crippen molar-refractivity contribution in [1.29, 1.82) is 0 Å². The number of carbonyl (C=O) groups excluding carboxylic acids is 1. The molecule has 2 N–H and O–H groups in total. The van der Waals surface area contributed by atoms with Gasteiger partial charge in [-0.05, 0) is 42.7 Å². The topological polar surface area (TPSA) is 41.1 Å². The number of benzene rings is 2. The van der Waals surface area contributed by atoms with Crippen molar-refractivity contribution in [3.05, 3.63) is 64.4 Å². The Morgan fingerprint density at radius 1 is 0.960 bits per heavy atom. The number of anilines is 1. The zero-order valence-corrected chi connectivity index (χ0v) is 14.0. The number of rotatable bonds is 4. The SMILES string of the molecule is O=C(NNc1ccc(F)c(F)c1F)C1(c2ccc(Cl)cc2)CCCC1. The first-order valence-corrected chi connectivity index (χ1v) is 8.28. The Balaban J connectivity index is 1.81. The van der Waals surface area contributed by atoms with Gasteiger partial charge in [-0.2, -0.15) is 0 Å². The van der Waals surface area contributed by atoms with Crippen LogP contribution in [0.25, 0.3) is 0 Å². The van der Waals surface area contributed by atoms with Gasteiger partial charge in [0, 0.05) is 5.02 Å². The van der Waals surface area contributed by atoms with Crippen LogP contribution in [0.2, 0.25) is 5.02 Å². The molecule has 0 unspecified atom stereocenters. The third kappa shape index (κ3) is 3.31. The van der Waals surface area contributed by atoms with Gasteiger partial charge in [-0.1, -0.05) is 36.6 Å². The van der Waals surface area contributed by atoms with Crippen LogP contribution in [0.5, 0.6) is 0 Å². The fourth-order valence-corrected chi connectivity index (χ4v) is 3.39. The predicted octanol–water partition coefficient (Wildman–Crippen LogP) is 4.71. The Kier molecular flexibility index (Phi) is 4.90. The fourth-order valence-electron chi connectivity index (χ4n) is 3.26. The number of amides is 1. The van der Waals surface area contributed by atoms with E-state index in [9.17, 15) is 18.0 Å². The first kappa shape index (κ1) is 17.6. The Morgan fingerprint density at radius 2 is 1.60 bits per heavy atom. The van der Waals surface area contributed by atoms with Gasteiger partial charge in [-0.15, -0.1) is 0 Å². The summed E-state index contributed by atoms with van der Waals surface area (Å²) in [5.74, 6) is -4.61. The molecule has 1 saturated carbocycles. The van der Waals surface area contributed by atoms with E-state index in [1.165, 1.54) is 0 Å². The Morgan fingerprint density at radius 3 is 2.24 bits per heavy atom. The summed E-state index contributed by atoms with van der Waals surface area (Å²) in [5, 5.41) is 0.569. The Hall–Kier alpha value is -2.21. The van der Waals surface area contributed by atoms with E-state index in [1.54, 1.807) is 24.3 Å².